The van der Waals surface area contributed by atoms with Crippen molar-refractivity contribution in [3.05, 3.63) is 22.3 Å². The van der Waals surface area contributed by atoms with Gasteiger partial charge in [-0.3, -0.25) is 24.0 Å². The number of terminal acetylenes is 1. The Morgan fingerprint density at radius 1 is 0.441 bits per heavy atom. The van der Waals surface area contributed by atoms with Gasteiger partial charge in [-0.1, -0.05) is 264 Å². The van der Waals surface area contributed by atoms with E-state index in [0.717, 1.165) is 251 Å². The van der Waals surface area contributed by atoms with E-state index < -0.39 is 30.4 Å². The largest absolute Gasteiger partial charge is 0.481 e. The van der Waals surface area contributed by atoms with Crippen LogP contribution < -0.4 is 0 Å². The molecule has 644 valence electrons. The van der Waals surface area contributed by atoms with E-state index in [0.29, 0.717) is 32.1 Å². The number of epoxide rings is 2. The minimum atomic E-state index is -0.704. The second-order valence-corrected chi connectivity index (χ2v) is 29.4. The summed E-state index contributed by atoms with van der Waals surface area (Å²) in [5.74, 6) is 18.7. The maximum absolute atomic E-state index is 10.9. The number of ether oxygens (including phenoxy) is 7. The first-order chi connectivity index (χ1) is 53.8. The smallest absolute Gasteiger partial charge is 0.305 e. The lowest BCUT2D eigenvalue weighted by atomic mass is 10.1. The van der Waals surface area contributed by atoms with E-state index in [1.165, 1.54) is 99.1 Å². The zero-order valence-corrected chi connectivity index (χ0v) is 74.0. The number of unbranched alkanes of at least 4 members (excludes halogenated alkanes) is 31. The summed E-state index contributed by atoms with van der Waals surface area (Å²) in [6.45, 7) is 10.6. The third kappa shape index (κ3) is 102. The summed E-state index contributed by atoms with van der Waals surface area (Å²) in [6.07, 6.45) is 64.0. The molecule has 0 spiro atoms. The van der Waals surface area contributed by atoms with Gasteiger partial charge in [0.05, 0.1) is 46.0 Å². The van der Waals surface area contributed by atoms with Gasteiger partial charge in [-0.25, -0.2) is 0 Å². The third-order valence-electron chi connectivity index (χ3n) is 17.7. The van der Waals surface area contributed by atoms with Crippen LogP contribution in [0.2, 0.25) is 0 Å². The SMILES string of the molecule is C#CC(O)CCCCC.C1CCOC1.CCCCCC(O)C#C/C=C/CCCCCCCC(=O)OC.CCCCCC(O)C#CC1OC1CCCCCCCC(=O)O.CCCCCC(O)C#CC1OC1CCCCCCCC(=O)OC.COC(=O)CCCCCCC/C=C/I.COC(=O)CCCCCCCC=O.ClCCl. The van der Waals surface area contributed by atoms with Crippen molar-refractivity contribution in [2.45, 2.75) is 417 Å². The number of carbonyl (C=O) groups excluding carboxylic acids is 5. The first-order valence-corrected chi connectivity index (χ1v) is 44.7. The number of esters is 4. The number of carboxylic acids is 1. The maximum atomic E-state index is 10.9. The first kappa shape index (κ1) is 115. The van der Waals surface area contributed by atoms with Crippen LogP contribution in [0.4, 0.5) is 0 Å². The molecular weight excluding hydrogens is 1570 g/mol. The topological polar surface area (TPSA) is 275 Å². The summed E-state index contributed by atoms with van der Waals surface area (Å²) < 4.78 is 36.3. The highest BCUT2D eigenvalue weighted by molar-refractivity contribution is 14.1. The number of hydrogen-bond donors (Lipinski definition) is 5. The highest BCUT2D eigenvalue weighted by Crippen LogP contribution is 2.28. The predicted molar refractivity (Wildman–Crippen MR) is 462 cm³/mol. The van der Waals surface area contributed by atoms with Crippen molar-refractivity contribution in [2.24, 2.45) is 0 Å². The molecule has 8 unspecified atom stereocenters. The monoisotopic (exact) mass is 1720 g/mol. The van der Waals surface area contributed by atoms with Gasteiger partial charge in [0, 0.05) is 51.7 Å². The Kier molecular flexibility index (Phi) is 100. The van der Waals surface area contributed by atoms with Crippen LogP contribution in [0.25, 0.3) is 0 Å². The minimum absolute atomic E-state index is 0.0211. The van der Waals surface area contributed by atoms with Crippen LogP contribution in [0.5, 0.6) is 0 Å². The minimum Gasteiger partial charge on any atom is -0.481 e. The molecule has 111 heavy (non-hydrogen) atoms. The van der Waals surface area contributed by atoms with Gasteiger partial charge < -0.3 is 63.5 Å². The van der Waals surface area contributed by atoms with E-state index >= 15 is 0 Å². The van der Waals surface area contributed by atoms with Crippen LogP contribution in [0, 0.1) is 47.9 Å². The number of aliphatic hydroxyl groups is 4. The van der Waals surface area contributed by atoms with Crippen molar-refractivity contribution in [1.29, 1.82) is 0 Å². The number of alkyl halides is 2. The molecule has 0 amide bonds. The number of aliphatic hydroxyl groups excluding tert-OH is 4. The number of aldehydes is 1. The van der Waals surface area contributed by atoms with E-state index in [2.05, 4.69) is 127 Å². The number of halogens is 3. The lowest BCUT2D eigenvalue weighted by Gasteiger charge is -2.01. The van der Waals surface area contributed by atoms with Crippen molar-refractivity contribution in [2.75, 3.05) is 47.0 Å². The Bertz CT molecular complexity index is 2390. The molecule has 0 bridgehead atoms. The van der Waals surface area contributed by atoms with E-state index in [-0.39, 0.29) is 60.1 Å². The maximum Gasteiger partial charge on any atom is 0.305 e. The number of methoxy groups -OCH3 is 4. The molecule has 3 fully saturated rings. The van der Waals surface area contributed by atoms with Crippen molar-refractivity contribution in [3.63, 3.8) is 0 Å². The summed E-state index contributed by atoms with van der Waals surface area (Å²) in [6, 6.07) is 0. The number of rotatable bonds is 56. The standard InChI is InChI=1S/C19H32O4.C19H32O3.C18H30O4.C11H19IO2.C10H18O3.C8H14O.C4H8O.CH2Cl2/c1-3-4-8-11-16(20)14-15-18-17(23-18)12-9-6-5-7-10-13-19(21)22-2;1-3-4-12-15-18(20)16-13-10-8-6-5-7-9-11-14-17-19(21)22-2;1-2-3-7-10-15(19)13-14-17-16(22-17)11-8-5-4-6-9-12-18(20)21;1-14-11(13)9-7-5-3-2-4-6-8-10-12;1-13-10(12)8-6-4-2-3-5-7-9-11;1-3-5-6-7-8(9)4-2;1-2-4-5-3-1;2-1-3/h16-18,20H,3-13H2,1-2H3;8,10,18,20H,3-7,9,11-12,14-15,17H2,1-2H3;15-17,19H,2-12H2,1H3,(H,20,21);8,10H,2-7,9H2,1H3;9H,2-8H2,1H3;2,8-9H,3,5-7H2,1H3;1-4H2;1H2/b;10-8+;;10-8+;;;;. The Morgan fingerprint density at radius 3 is 1.05 bits per heavy atom. The molecule has 3 aliphatic rings. The fourth-order valence-electron chi connectivity index (χ4n) is 10.7. The van der Waals surface area contributed by atoms with Crippen LogP contribution in [-0.4, -0.2) is 157 Å². The van der Waals surface area contributed by atoms with Crippen molar-refractivity contribution in [3.8, 4) is 47.9 Å². The summed E-state index contributed by atoms with van der Waals surface area (Å²) in [4.78, 5) is 63.6. The van der Waals surface area contributed by atoms with Gasteiger partial charge in [0.15, 0.2) is 0 Å². The number of allylic oxidation sites excluding steroid dienone is 3. The van der Waals surface area contributed by atoms with E-state index in [9.17, 15) is 44.1 Å². The molecule has 0 aromatic rings. The van der Waals surface area contributed by atoms with Crippen molar-refractivity contribution < 1.29 is 87.5 Å². The molecule has 0 radical (unpaired) electrons. The third-order valence-corrected chi connectivity index (χ3v) is 18.2. The van der Waals surface area contributed by atoms with Crippen molar-refractivity contribution >= 4 is 81.9 Å². The van der Waals surface area contributed by atoms with E-state index in [1.54, 1.807) is 0 Å². The summed E-state index contributed by atoms with van der Waals surface area (Å²) >= 11 is 11.8. The molecule has 21 heteroatoms. The lowest BCUT2D eigenvalue weighted by Crippen LogP contribution is -2.03. The molecule has 3 heterocycles. The fraction of sp³-hybridized carbons (Fsp3) is 0.800. The molecule has 0 aromatic heterocycles. The lowest BCUT2D eigenvalue weighted by molar-refractivity contribution is -0.141. The molecular formula is C90H155Cl2IO18. The van der Waals surface area contributed by atoms with E-state index in [4.69, 9.17) is 54.0 Å². The number of carbonyl (C=O) groups is 6. The second kappa shape index (κ2) is 96.4. The Morgan fingerprint density at radius 2 is 0.748 bits per heavy atom. The first-order valence-electron chi connectivity index (χ1n) is 42.4. The van der Waals surface area contributed by atoms with Crippen LogP contribution in [0.15, 0.2) is 22.3 Å². The fourth-order valence-corrected chi connectivity index (χ4v) is 11.1. The van der Waals surface area contributed by atoms with Gasteiger partial charge in [-0.2, -0.15) is 0 Å². The molecule has 0 aromatic carbocycles. The zero-order valence-electron chi connectivity index (χ0n) is 70.4. The Hall–Kier alpha value is -4.23. The number of carboxylic acid groups (broad SMARTS) is 1. The van der Waals surface area contributed by atoms with Gasteiger partial charge in [-0.05, 0) is 151 Å². The molecule has 18 nitrogen and oxygen atoms in total. The number of hydrogen-bond acceptors (Lipinski definition) is 17. The average Bonchev–Trinajstić information content (AvgIpc) is 1.71. The molecule has 3 rings (SSSR count). The molecule has 3 saturated heterocycles. The quantitative estimate of drug-likeness (QED) is 0.00553. The van der Waals surface area contributed by atoms with Crippen LogP contribution in [-0.2, 0) is 61.9 Å². The average molecular weight is 1720 g/mol. The second-order valence-electron chi connectivity index (χ2n) is 27.9. The van der Waals surface area contributed by atoms with Gasteiger partial charge in [0.25, 0.3) is 0 Å². The van der Waals surface area contributed by atoms with E-state index in [1.807, 2.05) is 6.08 Å². The molecule has 0 saturated carbocycles. The normalized spacial score (nSPS) is 15.5. The van der Waals surface area contributed by atoms with Gasteiger partial charge >= 0.3 is 29.8 Å². The Labute approximate surface area is 698 Å². The predicted octanol–water partition coefficient (Wildman–Crippen LogP) is 21.2. The molecule has 8 atom stereocenters. The molecule has 5 N–H and O–H groups in total. The van der Waals surface area contributed by atoms with Gasteiger partial charge in [0.1, 0.15) is 42.9 Å². The Balaban J connectivity index is -0.000000405. The van der Waals surface area contributed by atoms with Crippen LogP contribution in [0.3, 0.4) is 0 Å². The summed E-state index contributed by atoms with van der Waals surface area (Å²) in [5, 5.41) is 46.6. The van der Waals surface area contributed by atoms with Crippen molar-refractivity contribution in [1.82, 2.24) is 0 Å². The highest BCUT2D eigenvalue weighted by Gasteiger charge is 2.37. The van der Waals surface area contributed by atoms with Gasteiger partial charge in [-0.15, -0.1) is 29.6 Å². The van der Waals surface area contributed by atoms with Crippen LogP contribution >= 0.6 is 45.8 Å². The zero-order chi connectivity index (χ0) is 83.5. The molecule has 3 aliphatic heterocycles. The highest BCUT2D eigenvalue weighted by atomic mass is 127. The van der Waals surface area contributed by atoms with Crippen LogP contribution in [0.1, 0.15) is 368 Å². The summed E-state index contributed by atoms with van der Waals surface area (Å²) in [5.41, 5.74) is 0. The molecule has 0 aliphatic carbocycles. The summed E-state index contributed by atoms with van der Waals surface area (Å²) in [7, 11) is 5.72. The van der Waals surface area contributed by atoms with Gasteiger partial charge in [0.2, 0.25) is 0 Å². The number of aliphatic carboxylic acids is 1.